The highest BCUT2D eigenvalue weighted by Gasteiger charge is 2.23. The predicted molar refractivity (Wildman–Crippen MR) is 70.1 cm³/mol. The molecule has 0 atom stereocenters. The average molecular weight is 265 g/mol. The molecule has 1 N–H and O–H groups in total. The van der Waals surface area contributed by atoms with Crippen LogP contribution in [0, 0.1) is 17.0 Å². The number of nitrogens with zero attached hydrogens (tertiary/aromatic N) is 2. The predicted octanol–water partition coefficient (Wildman–Crippen LogP) is 1.74. The zero-order valence-electron chi connectivity index (χ0n) is 9.67. The number of aryl methyl sites for hydroxylation is 1. The van der Waals surface area contributed by atoms with Crippen LogP contribution in [-0.2, 0) is 0 Å². The summed E-state index contributed by atoms with van der Waals surface area (Å²) in [5.41, 5.74) is 0.377. The summed E-state index contributed by atoms with van der Waals surface area (Å²) in [6, 6.07) is 4.68. The van der Waals surface area contributed by atoms with Crippen molar-refractivity contribution < 1.29 is 9.72 Å². The van der Waals surface area contributed by atoms with Crippen molar-refractivity contribution in [1.82, 2.24) is 5.32 Å². The molecule has 0 unspecified atom stereocenters. The molecule has 0 aliphatic carbocycles. The van der Waals surface area contributed by atoms with Gasteiger partial charge in [0.05, 0.1) is 11.5 Å². The molecule has 0 saturated heterocycles. The topological polar surface area (TPSA) is 84.6 Å². The van der Waals surface area contributed by atoms with E-state index in [1.54, 1.807) is 19.1 Å². The van der Waals surface area contributed by atoms with Crippen molar-refractivity contribution in [3.05, 3.63) is 39.4 Å². The van der Waals surface area contributed by atoms with Gasteiger partial charge in [0, 0.05) is 11.3 Å². The number of aliphatic imine (C=N–C) groups is 1. The Morgan fingerprint density at radius 2 is 2.33 bits per heavy atom. The molecule has 1 aromatic rings. The van der Waals surface area contributed by atoms with Crippen LogP contribution in [0.1, 0.15) is 15.9 Å². The minimum atomic E-state index is -0.534. The maximum absolute atomic E-state index is 12.0. The summed E-state index contributed by atoms with van der Waals surface area (Å²) in [6.45, 7) is 2.27. The molecule has 1 aliphatic rings. The van der Waals surface area contributed by atoms with Gasteiger partial charge in [-0.25, -0.2) is 0 Å². The molecule has 7 heteroatoms. The fourth-order valence-corrected chi connectivity index (χ4v) is 2.38. The standard InChI is InChI=1S/C11H11N3O3S/c1-7-3-2-4-8(9(7)14(16)17)10(15)13-11-12-5-6-18-11/h2-4H,5-6H2,1H3,(H,12,13,15). The van der Waals surface area contributed by atoms with Crippen LogP contribution in [0.15, 0.2) is 23.2 Å². The second-order valence-electron chi connectivity index (χ2n) is 3.72. The summed E-state index contributed by atoms with van der Waals surface area (Å²) in [6.07, 6.45) is 0. The van der Waals surface area contributed by atoms with Crippen LogP contribution < -0.4 is 5.32 Å². The Morgan fingerprint density at radius 1 is 1.56 bits per heavy atom. The smallest absolute Gasteiger partial charge is 0.285 e. The number of carbonyl (C=O) groups excluding carboxylic acids is 1. The average Bonchev–Trinajstić information content (AvgIpc) is 2.80. The van der Waals surface area contributed by atoms with Crippen molar-refractivity contribution in [1.29, 1.82) is 0 Å². The lowest BCUT2D eigenvalue weighted by Gasteiger charge is -2.06. The summed E-state index contributed by atoms with van der Waals surface area (Å²) in [5, 5.41) is 14.1. The number of para-hydroxylation sites is 1. The first-order chi connectivity index (χ1) is 8.59. The summed E-state index contributed by atoms with van der Waals surface area (Å²) < 4.78 is 0. The number of amides is 1. The molecular weight excluding hydrogens is 254 g/mol. The third-order valence-electron chi connectivity index (χ3n) is 2.47. The van der Waals surface area contributed by atoms with Gasteiger partial charge in [-0.1, -0.05) is 23.9 Å². The van der Waals surface area contributed by atoms with Gasteiger partial charge in [-0.15, -0.1) is 0 Å². The molecule has 0 spiro atoms. The molecule has 18 heavy (non-hydrogen) atoms. The molecule has 6 nitrogen and oxygen atoms in total. The first kappa shape index (κ1) is 12.6. The summed E-state index contributed by atoms with van der Waals surface area (Å²) in [5.74, 6) is 0.337. The SMILES string of the molecule is Cc1cccc(C(=O)NC2=NCCS2)c1[N+](=O)[O-]. The second kappa shape index (κ2) is 5.18. The fourth-order valence-electron chi connectivity index (χ4n) is 1.66. The van der Waals surface area contributed by atoms with Crippen molar-refractivity contribution >= 4 is 28.5 Å². The van der Waals surface area contributed by atoms with Gasteiger partial charge in [-0.2, -0.15) is 0 Å². The third-order valence-corrected chi connectivity index (χ3v) is 3.36. The highest BCUT2D eigenvalue weighted by atomic mass is 32.2. The summed E-state index contributed by atoms with van der Waals surface area (Å²) in [4.78, 5) is 26.5. The van der Waals surface area contributed by atoms with Crippen molar-refractivity contribution in [3.63, 3.8) is 0 Å². The van der Waals surface area contributed by atoms with Crippen LogP contribution in [0.25, 0.3) is 0 Å². The normalized spacial score (nSPS) is 14.2. The molecule has 1 heterocycles. The van der Waals surface area contributed by atoms with Gasteiger partial charge in [0.1, 0.15) is 5.56 Å². The molecule has 2 rings (SSSR count). The van der Waals surface area contributed by atoms with E-state index in [0.29, 0.717) is 17.3 Å². The number of thioether (sulfide) groups is 1. The highest BCUT2D eigenvalue weighted by Crippen LogP contribution is 2.23. The number of hydrogen-bond donors (Lipinski definition) is 1. The number of amidine groups is 1. The van der Waals surface area contributed by atoms with Gasteiger partial charge in [-0.3, -0.25) is 19.9 Å². The molecule has 1 aromatic carbocycles. The van der Waals surface area contributed by atoms with Gasteiger partial charge in [-0.05, 0) is 13.0 Å². The lowest BCUT2D eigenvalue weighted by molar-refractivity contribution is -0.385. The van der Waals surface area contributed by atoms with Crippen molar-refractivity contribution in [2.75, 3.05) is 12.3 Å². The van der Waals surface area contributed by atoms with E-state index in [1.165, 1.54) is 17.8 Å². The van der Waals surface area contributed by atoms with E-state index in [9.17, 15) is 14.9 Å². The first-order valence-corrected chi connectivity index (χ1v) is 6.31. The summed E-state index contributed by atoms with van der Waals surface area (Å²) in [7, 11) is 0. The maximum Gasteiger partial charge on any atom is 0.285 e. The number of nitrogens with one attached hydrogen (secondary N) is 1. The molecule has 1 aliphatic heterocycles. The number of rotatable bonds is 2. The van der Waals surface area contributed by atoms with Crippen LogP contribution in [0.5, 0.6) is 0 Å². The Morgan fingerprint density at radius 3 is 2.94 bits per heavy atom. The van der Waals surface area contributed by atoms with E-state index < -0.39 is 10.8 Å². The Hall–Kier alpha value is -1.89. The summed E-state index contributed by atoms with van der Waals surface area (Å²) >= 11 is 1.43. The van der Waals surface area contributed by atoms with Crippen molar-refractivity contribution in [2.24, 2.45) is 4.99 Å². The molecule has 0 bridgehead atoms. The van der Waals surface area contributed by atoms with Gasteiger partial charge < -0.3 is 5.32 Å². The van der Waals surface area contributed by atoms with E-state index in [4.69, 9.17) is 0 Å². The van der Waals surface area contributed by atoms with Crippen LogP contribution >= 0.6 is 11.8 Å². The monoisotopic (exact) mass is 265 g/mol. The lowest BCUT2D eigenvalue weighted by Crippen LogP contribution is -2.28. The number of benzene rings is 1. The highest BCUT2D eigenvalue weighted by molar-refractivity contribution is 8.14. The van der Waals surface area contributed by atoms with E-state index in [-0.39, 0.29) is 11.3 Å². The van der Waals surface area contributed by atoms with E-state index >= 15 is 0 Å². The van der Waals surface area contributed by atoms with Crippen molar-refractivity contribution in [3.8, 4) is 0 Å². The van der Waals surface area contributed by atoms with E-state index in [1.807, 2.05) is 0 Å². The number of nitro groups is 1. The molecule has 0 aromatic heterocycles. The Labute approximate surface area is 108 Å². The largest absolute Gasteiger partial charge is 0.301 e. The zero-order chi connectivity index (χ0) is 13.1. The lowest BCUT2D eigenvalue weighted by atomic mass is 10.1. The quantitative estimate of drug-likeness (QED) is 0.652. The maximum atomic E-state index is 12.0. The molecular formula is C11H11N3O3S. The second-order valence-corrected chi connectivity index (χ2v) is 4.80. The fraction of sp³-hybridized carbons (Fsp3) is 0.273. The molecule has 0 radical (unpaired) electrons. The van der Waals surface area contributed by atoms with Crippen LogP contribution in [0.3, 0.4) is 0 Å². The molecule has 1 amide bonds. The van der Waals surface area contributed by atoms with Gasteiger partial charge in [0.25, 0.3) is 11.6 Å². The number of nitro benzene ring substituents is 1. The van der Waals surface area contributed by atoms with E-state index in [2.05, 4.69) is 10.3 Å². The zero-order valence-corrected chi connectivity index (χ0v) is 10.5. The first-order valence-electron chi connectivity index (χ1n) is 5.32. The van der Waals surface area contributed by atoms with Gasteiger partial charge >= 0.3 is 0 Å². The van der Waals surface area contributed by atoms with Crippen molar-refractivity contribution in [2.45, 2.75) is 6.92 Å². The van der Waals surface area contributed by atoms with E-state index in [0.717, 1.165) is 5.75 Å². The Bertz CT molecular complexity index is 542. The van der Waals surface area contributed by atoms with Crippen LogP contribution in [0.4, 0.5) is 5.69 Å². The minimum Gasteiger partial charge on any atom is -0.301 e. The molecule has 94 valence electrons. The van der Waals surface area contributed by atoms with Gasteiger partial charge in [0.2, 0.25) is 0 Å². The number of hydrogen-bond acceptors (Lipinski definition) is 5. The third kappa shape index (κ3) is 2.51. The Balaban J connectivity index is 2.29. The number of carbonyl (C=O) groups is 1. The Kier molecular flexibility index (Phi) is 3.61. The molecule has 0 saturated carbocycles. The minimum absolute atomic E-state index is 0.0650. The van der Waals surface area contributed by atoms with Crippen LogP contribution in [-0.4, -0.2) is 28.3 Å². The molecule has 0 fully saturated rings. The van der Waals surface area contributed by atoms with Crippen LogP contribution in [0.2, 0.25) is 0 Å². The van der Waals surface area contributed by atoms with Gasteiger partial charge in [0.15, 0.2) is 5.17 Å².